The lowest BCUT2D eigenvalue weighted by atomic mass is 10.1. The first-order valence-corrected chi connectivity index (χ1v) is 7.00. The Hall–Kier alpha value is -1.32. The molecule has 0 spiro atoms. The van der Waals surface area contributed by atoms with Crippen LogP contribution in [0, 0.1) is 6.92 Å². The number of benzene rings is 1. The van der Waals surface area contributed by atoms with E-state index in [4.69, 9.17) is 4.74 Å². The zero-order valence-corrected chi connectivity index (χ0v) is 12.4. The Balaban J connectivity index is 2.09. The van der Waals surface area contributed by atoms with Crippen molar-refractivity contribution in [2.75, 3.05) is 13.2 Å². The smallest absolute Gasteiger partial charge is 0.0671 e. The fraction of sp³-hybridized carbons (Fsp3) is 0.500. The molecular formula is C16H24N2O. The number of ether oxygens (including phenoxy) is 1. The molecule has 2 aromatic rings. The summed E-state index contributed by atoms with van der Waals surface area (Å²) >= 11 is 0. The lowest BCUT2D eigenvalue weighted by Gasteiger charge is -2.13. The van der Waals surface area contributed by atoms with Gasteiger partial charge in [-0.3, -0.25) is 0 Å². The van der Waals surface area contributed by atoms with Crippen LogP contribution >= 0.6 is 0 Å². The van der Waals surface area contributed by atoms with Crippen LogP contribution in [0.15, 0.2) is 24.3 Å². The standard InChI is InChI=1S/C16H24N2O/c1-5-19-12(2)10-17-11-16-13(3)14-8-6-7-9-15(14)18(16)4/h6-9,12,17H,5,10-11H2,1-4H3. The van der Waals surface area contributed by atoms with Crippen molar-refractivity contribution in [1.82, 2.24) is 9.88 Å². The molecule has 1 N–H and O–H groups in total. The number of aryl methyl sites for hydroxylation is 2. The molecule has 2 rings (SSSR count). The summed E-state index contributed by atoms with van der Waals surface area (Å²) in [5.41, 5.74) is 4.02. The van der Waals surface area contributed by atoms with Crippen LogP contribution in [0.5, 0.6) is 0 Å². The van der Waals surface area contributed by atoms with Gasteiger partial charge in [0.2, 0.25) is 0 Å². The fourth-order valence-corrected chi connectivity index (χ4v) is 2.62. The molecule has 1 aromatic heterocycles. The summed E-state index contributed by atoms with van der Waals surface area (Å²) in [6.45, 7) is 8.87. The number of nitrogens with zero attached hydrogens (tertiary/aromatic N) is 1. The zero-order chi connectivity index (χ0) is 13.8. The van der Waals surface area contributed by atoms with E-state index in [9.17, 15) is 0 Å². The van der Waals surface area contributed by atoms with Crippen molar-refractivity contribution in [3.05, 3.63) is 35.5 Å². The first kappa shape index (κ1) is 14.1. The van der Waals surface area contributed by atoms with Gasteiger partial charge in [-0.2, -0.15) is 0 Å². The highest BCUT2D eigenvalue weighted by molar-refractivity contribution is 5.85. The molecule has 104 valence electrons. The van der Waals surface area contributed by atoms with Crippen LogP contribution in [0.25, 0.3) is 10.9 Å². The van der Waals surface area contributed by atoms with Gasteiger partial charge in [0.15, 0.2) is 0 Å². The summed E-state index contributed by atoms with van der Waals surface area (Å²) in [7, 11) is 2.14. The SMILES string of the molecule is CCOC(C)CNCc1c(C)c2ccccc2n1C. The van der Waals surface area contributed by atoms with Crippen molar-refractivity contribution in [3.8, 4) is 0 Å². The quantitative estimate of drug-likeness (QED) is 0.864. The third kappa shape index (κ3) is 2.99. The Morgan fingerprint density at radius 3 is 2.74 bits per heavy atom. The Morgan fingerprint density at radius 1 is 1.32 bits per heavy atom. The Morgan fingerprint density at radius 2 is 2.05 bits per heavy atom. The van der Waals surface area contributed by atoms with Gasteiger partial charge in [0.05, 0.1) is 6.10 Å². The lowest BCUT2D eigenvalue weighted by Crippen LogP contribution is -2.27. The van der Waals surface area contributed by atoms with E-state index in [0.717, 1.165) is 19.7 Å². The van der Waals surface area contributed by atoms with Crippen LogP contribution < -0.4 is 5.32 Å². The van der Waals surface area contributed by atoms with Gasteiger partial charge in [0, 0.05) is 43.3 Å². The molecule has 1 heterocycles. The first-order chi connectivity index (χ1) is 9.15. The minimum Gasteiger partial charge on any atom is -0.377 e. The minimum atomic E-state index is 0.264. The number of aromatic nitrogens is 1. The van der Waals surface area contributed by atoms with Gasteiger partial charge in [-0.25, -0.2) is 0 Å². The topological polar surface area (TPSA) is 26.2 Å². The Bertz CT molecular complexity index is 506. The molecule has 1 aromatic carbocycles. The van der Waals surface area contributed by atoms with E-state index in [1.54, 1.807) is 0 Å². The summed E-state index contributed by atoms with van der Waals surface area (Å²) < 4.78 is 7.81. The van der Waals surface area contributed by atoms with Crippen LogP contribution in [0.2, 0.25) is 0 Å². The van der Waals surface area contributed by atoms with Crippen LogP contribution in [-0.2, 0) is 18.3 Å². The van der Waals surface area contributed by atoms with Gasteiger partial charge in [0.25, 0.3) is 0 Å². The van der Waals surface area contributed by atoms with Gasteiger partial charge in [-0.1, -0.05) is 18.2 Å². The van der Waals surface area contributed by atoms with Crippen molar-refractivity contribution in [1.29, 1.82) is 0 Å². The highest BCUT2D eigenvalue weighted by Gasteiger charge is 2.10. The predicted molar refractivity (Wildman–Crippen MR) is 80.5 cm³/mol. The second kappa shape index (κ2) is 6.22. The highest BCUT2D eigenvalue weighted by atomic mass is 16.5. The summed E-state index contributed by atoms with van der Waals surface area (Å²) in [6.07, 6.45) is 0.264. The van der Waals surface area contributed by atoms with Gasteiger partial charge >= 0.3 is 0 Å². The number of nitrogens with one attached hydrogen (secondary N) is 1. The van der Waals surface area contributed by atoms with Crippen LogP contribution in [0.4, 0.5) is 0 Å². The first-order valence-electron chi connectivity index (χ1n) is 7.00. The molecule has 19 heavy (non-hydrogen) atoms. The van der Waals surface area contributed by atoms with E-state index >= 15 is 0 Å². The molecule has 3 nitrogen and oxygen atoms in total. The molecule has 0 bridgehead atoms. The van der Waals surface area contributed by atoms with Crippen molar-refractivity contribution in [2.45, 2.75) is 33.4 Å². The minimum absolute atomic E-state index is 0.264. The molecule has 3 heteroatoms. The number of rotatable bonds is 6. The van der Waals surface area contributed by atoms with Crippen LogP contribution in [0.1, 0.15) is 25.1 Å². The summed E-state index contributed by atoms with van der Waals surface area (Å²) in [4.78, 5) is 0. The molecule has 0 radical (unpaired) electrons. The van der Waals surface area contributed by atoms with Gasteiger partial charge in [0.1, 0.15) is 0 Å². The van der Waals surface area contributed by atoms with Crippen LogP contribution in [-0.4, -0.2) is 23.8 Å². The second-order valence-corrected chi connectivity index (χ2v) is 5.04. The number of hydrogen-bond acceptors (Lipinski definition) is 2. The molecule has 0 aliphatic heterocycles. The maximum Gasteiger partial charge on any atom is 0.0671 e. The van der Waals surface area contributed by atoms with Crippen LogP contribution in [0.3, 0.4) is 0 Å². The third-order valence-electron chi connectivity index (χ3n) is 3.68. The molecule has 0 amide bonds. The maximum absolute atomic E-state index is 5.53. The second-order valence-electron chi connectivity index (χ2n) is 5.04. The van der Waals surface area contributed by atoms with E-state index < -0.39 is 0 Å². The van der Waals surface area contributed by atoms with E-state index in [1.807, 2.05) is 6.92 Å². The Kier molecular flexibility index (Phi) is 4.61. The fourth-order valence-electron chi connectivity index (χ4n) is 2.62. The van der Waals surface area contributed by atoms with E-state index in [-0.39, 0.29) is 6.10 Å². The van der Waals surface area contributed by atoms with E-state index in [2.05, 4.69) is 55.0 Å². The van der Waals surface area contributed by atoms with Gasteiger partial charge < -0.3 is 14.6 Å². The predicted octanol–water partition coefficient (Wildman–Crippen LogP) is 3.00. The third-order valence-corrected chi connectivity index (χ3v) is 3.68. The van der Waals surface area contributed by atoms with Crippen molar-refractivity contribution < 1.29 is 4.74 Å². The number of hydrogen-bond donors (Lipinski definition) is 1. The van der Waals surface area contributed by atoms with E-state index in [1.165, 1.54) is 22.2 Å². The maximum atomic E-state index is 5.53. The van der Waals surface area contributed by atoms with Crippen molar-refractivity contribution >= 4 is 10.9 Å². The molecule has 0 saturated carbocycles. The normalized spacial score (nSPS) is 13.1. The molecule has 0 aliphatic carbocycles. The average molecular weight is 260 g/mol. The number of fused-ring (bicyclic) bond motifs is 1. The summed E-state index contributed by atoms with van der Waals surface area (Å²) in [6, 6.07) is 8.56. The molecule has 1 unspecified atom stereocenters. The summed E-state index contributed by atoms with van der Waals surface area (Å²) in [5, 5.41) is 4.83. The molecule has 0 aliphatic rings. The Labute approximate surface area is 115 Å². The van der Waals surface area contributed by atoms with Crippen molar-refractivity contribution in [3.63, 3.8) is 0 Å². The van der Waals surface area contributed by atoms with E-state index in [0.29, 0.717) is 0 Å². The molecule has 0 saturated heterocycles. The summed E-state index contributed by atoms with van der Waals surface area (Å²) in [5.74, 6) is 0. The molecule has 1 atom stereocenters. The average Bonchev–Trinajstić information content (AvgIpc) is 2.65. The van der Waals surface area contributed by atoms with Crippen molar-refractivity contribution in [2.24, 2.45) is 7.05 Å². The highest BCUT2D eigenvalue weighted by Crippen LogP contribution is 2.24. The zero-order valence-electron chi connectivity index (χ0n) is 12.4. The molecular weight excluding hydrogens is 236 g/mol. The monoisotopic (exact) mass is 260 g/mol. The van der Waals surface area contributed by atoms with Gasteiger partial charge in [-0.15, -0.1) is 0 Å². The lowest BCUT2D eigenvalue weighted by molar-refractivity contribution is 0.0758. The largest absolute Gasteiger partial charge is 0.377 e. The van der Waals surface area contributed by atoms with Gasteiger partial charge in [-0.05, 0) is 32.4 Å². The molecule has 0 fully saturated rings. The number of para-hydroxylation sites is 1.